The van der Waals surface area contributed by atoms with Gasteiger partial charge in [0.25, 0.3) is 0 Å². The number of hydrogen-bond donors (Lipinski definition) is 2. The Balaban J connectivity index is 0.000000338. The van der Waals surface area contributed by atoms with Crippen molar-refractivity contribution in [1.29, 1.82) is 0 Å². The maximum Gasteiger partial charge on any atom is 0.460 e. The first-order valence-corrected chi connectivity index (χ1v) is 16.1. The van der Waals surface area contributed by atoms with Gasteiger partial charge in [0.1, 0.15) is 29.1 Å². The summed E-state index contributed by atoms with van der Waals surface area (Å²) in [7, 11) is -6.53. The highest BCUT2D eigenvalue weighted by atomic mass is 32.3. The van der Waals surface area contributed by atoms with Crippen LogP contribution in [0.5, 0.6) is 11.5 Å². The van der Waals surface area contributed by atoms with Crippen molar-refractivity contribution in [2.24, 2.45) is 0 Å². The van der Waals surface area contributed by atoms with E-state index in [1.807, 2.05) is 0 Å². The van der Waals surface area contributed by atoms with Gasteiger partial charge in [-0.05, 0) is 73.9 Å². The molecule has 0 bridgehead atoms. The Labute approximate surface area is 286 Å². The van der Waals surface area contributed by atoms with Gasteiger partial charge in [-0.2, -0.15) is 65.9 Å². The average molecular weight is 801 g/mol. The van der Waals surface area contributed by atoms with Crippen LogP contribution < -0.4 is 9.47 Å². The summed E-state index contributed by atoms with van der Waals surface area (Å²) in [4.78, 5) is 11.0. The van der Waals surface area contributed by atoms with E-state index in [2.05, 4.69) is 4.18 Å². The fourth-order valence-corrected chi connectivity index (χ4v) is 5.58. The lowest BCUT2D eigenvalue weighted by molar-refractivity contribution is -0.383. The van der Waals surface area contributed by atoms with Crippen LogP contribution >= 0.6 is 10.9 Å². The van der Waals surface area contributed by atoms with Crippen LogP contribution in [0, 0.1) is 0 Å². The van der Waals surface area contributed by atoms with Gasteiger partial charge in [-0.25, -0.2) is 0 Å². The minimum atomic E-state index is -7.34. The Morgan fingerprint density at radius 2 is 0.981 bits per heavy atom. The number of alkyl halides is 15. The molecule has 0 aromatic heterocycles. The van der Waals surface area contributed by atoms with Crippen molar-refractivity contribution in [2.75, 3.05) is 0 Å². The van der Waals surface area contributed by atoms with Crippen LogP contribution in [0.3, 0.4) is 0 Å². The fraction of sp³-hybridized carbons (Fsp3) is 0.500. The zero-order valence-electron chi connectivity index (χ0n) is 25.9. The molecule has 2 N–H and O–H groups in total. The first-order chi connectivity index (χ1) is 23.6. The summed E-state index contributed by atoms with van der Waals surface area (Å²) in [6.07, 6.45) is -15.0. The molecule has 1 saturated carbocycles. The Morgan fingerprint density at radius 1 is 0.577 bits per heavy atom. The van der Waals surface area contributed by atoms with Gasteiger partial charge in [-0.3, -0.25) is 13.9 Å². The SMILES string of the molecule is O=C1CCC(Oc2ccc(C(F)(F)F)cc2)CC1.OS(O)(OC1=CCC(Oc2ccc(C(F)(F)F)cc2)CC1)C(F)(F)C(F)(F)C(F)(F)C(F)(F)F. The van der Waals surface area contributed by atoms with Crippen molar-refractivity contribution in [3.8, 4) is 11.5 Å². The average Bonchev–Trinajstić information content (AvgIpc) is 3.02. The molecule has 22 heteroatoms. The molecule has 294 valence electrons. The summed E-state index contributed by atoms with van der Waals surface area (Å²) in [6, 6.07) is 8.00. The van der Waals surface area contributed by atoms with Crippen molar-refractivity contribution < 1.29 is 93.4 Å². The molecule has 0 amide bonds. The Kier molecular flexibility index (Phi) is 12.7. The van der Waals surface area contributed by atoms with Crippen LogP contribution in [0.4, 0.5) is 65.9 Å². The van der Waals surface area contributed by atoms with Gasteiger partial charge in [0.15, 0.2) is 0 Å². The Bertz CT molecular complexity index is 1530. The van der Waals surface area contributed by atoms with Gasteiger partial charge >= 0.3 is 35.6 Å². The van der Waals surface area contributed by atoms with Gasteiger partial charge in [-0.15, -0.1) is 0 Å². The van der Waals surface area contributed by atoms with Crippen LogP contribution in [0.15, 0.2) is 60.4 Å². The van der Waals surface area contributed by atoms with E-state index in [4.69, 9.17) is 9.47 Å². The van der Waals surface area contributed by atoms with Crippen LogP contribution in [0.1, 0.15) is 56.1 Å². The van der Waals surface area contributed by atoms with E-state index in [1.54, 1.807) is 0 Å². The number of halogens is 15. The summed E-state index contributed by atoms with van der Waals surface area (Å²) in [5, 5.41) is -6.76. The minimum Gasteiger partial charge on any atom is -0.490 e. The zero-order valence-corrected chi connectivity index (χ0v) is 26.7. The number of Topliss-reactive ketones (excluding diaryl/α,β-unsaturated/α-hetero) is 1. The third-order valence-corrected chi connectivity index (χ3v) is 8.82. The van der Waals surface area contributed by atoms with Gasteiger partial charge in [0, 0.05) is 25.7 Å². The lowest BCUT2D eigenvalue weighted by atomic mass is 9.96. The topological polar surface area (TPSA) is 85.2 Å². The van der Waals surface area contributed by atoms with E-state index in [9.17, 15) is 79.8 Å². The second kappa shape index (κ2) is 15.4. The second-order valence-corrected chi connectivity index (χ2v) is 13.0. The molecule has 1 fully saturated rings. The van der Waals surface area contributed by atoms with Gasteiger partial charge in [-0.1, -0.05) is 0 Å². The highest BCUT2D eigenvalue weighted by molar-refractivity contribution is 8.21. The van der Waals surface area contributed by atoms with Crippen molar-refractivity contribution in [3.05, 3.63) is 71.5 Å². The number of carbonyl (C=O) groups is 1. The molecule has 2 aliphatic rings. The number of allylic oxidation sites excluding steroid dienone is 1. The summed E-state index contributed by atoms with van der Waals surface area (Å²) < 4.78 is 225. The number of ketones is 1. The fourth-order valence-electron chi connectivity index (χ4n) is 4.56. The third kappa shape index (κ3) is 10.1. The summed E-state index contributed by atoms with van der Waals surface area (Å²) in [6.45, 7) is 0. The summed E-state index contributed by atoms with van der Waals surface area (Å²) in [5.41, 5.74) is -1.66. The van der Waals surface area contributed by atoms with Crippen molar-refractivity contribution in [3.63, 3.8) is 0 Å². The molecule has 0 saturated heterocycles. The standard InChI is InChI=1S/C17H14F12O4S.C13H13F3O2/c18-13(19,20)9-1-3-10(4-2-9)32-11-5-7-12(8-6-11)33-34(30,31)17(28,29)15(23,24)14(21,22)16(25,26)27;14-13(15,16)9-1-5-11(6-2-9)18-12-7-3-10(17)4-8-12/h1-4,7,11,30-31H,5-6,8H2;1-2,5-6,12H,3-4,7-8H2. The summed E-state index contributed by atoms with van der Waals surface area (Å²) in [5.74, 6) is -14.9. The lowest BCUT2D eigenvalue weighted by Gasteiger charge is -2.41. The number of ether oxygens (including phenoxy) is 2. The molecular formula is C30H27F15O6S. The molecule has 52 heavy (non-hydrogen) atoms. The molecule has 6 nitrogen and oxygen atoms in total. The van der Waals surface area contributed by atoms with Gasteiger partial charge in [0.2, 0.25) is 10.9 Å². The molecule has 2 aromatic carbocycles. The third-order valence-electron chi connectivity index (χ3n) is 7.45. The normalized spacial score (nSPS) is 18.9. The van der Waals surface area contributed by atoms with E-state index in [1.165, 1.54) is 12.1 Å². The smallest absolute Gasteiger partial charge is 0.460 e. The number of rotatable bonds is 9. The molecule has 2 aromatic rings. The van der Waals surface area contributed by atoms with Crippen molar-refractivity contribution in [2.45, 2.75) is 92.8 Å². The number of hydrogen-bond acceptors (Lipinski definition) is 6. The maximum atomic E-state index is 13.8. The molecule has 0 spiro atoms. The van der Waals surface area contributed by atoms with Gasteiger partial charge in [0.05, 0.1) is 17.2 Å². The molecule has 4 rings (SSSR count). The maximum absolute atomic E-state index is 13.8. The number of carbonyl (C=O) groups excluding carboxylic acids is 1. The molecule has 0 heterocycles. The quantitative estimate of drug-likeness (QED) is 0.246. The van der Waals surface area contributed by atoms with E-state index in [-0.39, 0.29) is 30.5 Å². The van der Waals surface area contributed by atoms with Crippen molar-refractivity contribution >= 4 is 16.7 Å². The van der Waals surface area contributed by atoms with Crippen molar-refractivity contribution in [1.82, 2.24) is 0 Å². The predicted octanol–water partition coefficient (Wildman–Crippen LogP) is 11.2. The van der Waals surface area contributed by atoms with E-state index < -0.39 is 75.9 Å². The van der Waals surface area contributed by atoms with Crippen LogP contribution in [0.2, 0.25) is 0 Å². The molecule has 1 unspecified atom stereocenters. The first kappa shape index (κ1) is 42.9. The van der Waals surface area contributed by atoms with Gasteiger partial charge < -0.3 is 13.7 Å². The minimum absolute atomic E-state index is 0.0411. The van der Waals surface area contributed by atoms with Crippen LogP contribution in [-0.2, 0) is 21.3 Å². The highest BCUT2D eigenvalue weighted by Crippen LogP contribution is 2.67. The Morgan fingerprint density at radius 3 is 1.35 bits per heavy atom. The zero-order chi connectivity index (χ0) is 39.6. The largest absolute Gasteiger partial charge is 0.490 e. The Hall–Kier alpha value is -3.53. The second-order valence-electron chi connectivity index (χ2n) is 11.3. The van der Waals surface area contributed by atoms with Crippen LogP contribution in [-0.4, -0.2) is 50.4 Å². The first-order valence-electron chi connectivity index (χ1n) is 14.6. The predicted molar refractivity (Wildman–Crippen MR) is 152 cm³/mol. The molecule has 0 radical (unpaired) electrons. The lowest BCUT2D eigenvalue weighted by Crippen LogP contribution is -2.62. The van der Waals surface area contributed by atoms with Crippen LogP contribution in [0.25, 0.3) is 0 Å². The van der Waals surface area contributed by atoms with E-state index in [0.717, 1.165) is 30.3 Å². The number of benzene rings is 2. The molecule has 0 aliphatic heterocycles. The molecular weight excluding hydrogens is 773 g/mol. The highest BCUT2D eigenvalue weighted by Gasteiger charge is 2.86. The van der Waals surface area contributed by atoms with E-state index >= 15 is 0 Å². The molecule has 1 atom stereocenters. The molecule has 2 aliphatic carbocycles. The van der Waals surface area contributed by atoms with E-state index in [0.29, 0.717) is 43.6 Å². The summed E-state index contributed by atoms with van der Waals surface area (Å²) >= 11 is 0. The monoisotopic (exact) mass is 800 g/mol.